The lowest BCUT2D eigenvalue weighted by Gasteiger charge is -2.07. The van der Waals surface area contributed by atoms with Gasteiger partial charge in [-0.3, -0.25) is 4.79 Å². The van der Waals surface area contributed by atoms with Crippen LogP contribution in [0.25, 0.3) is 11.1 Å². The zero-order valence-corrected chi connectivity index (χ0v) is 15.2. The first kappa shape index (κ1) is 18.0. The van der Waals surface area contributed by atoms with Gasteiger partial charge in [-0.1, -0.05) is 23.7 Å². The Bertz CT molecular complexity index is 949. The zero-order valence-electron chi connectivity index (χ0n) is 13.7. The molecule has 2 aromatic carbocycles. The molecular weight excluding hydrogens is 374 g/mol. The van der Waals surface area contributed by atoms with Gasteiger partial charge in [0.25, 0.3) is 5.91 Å². The molecule has 0 saturated carbocycles. The molecule has 0 radical (unpaired) electrons. The number of hydrogen-bond donors (Lipinski definition) is 2. The van der Waals surface area contributed by atoms with Gasteiger partial charge in [0.1, 0.15) is 16.3 Å². The van der Waals surface area contributed by atoms with Gasteiger partial charge in [0.05, 0.1) is 7.11 Å². The van der Waals surface area contributed by atoms with Crippen LogP contribution in [0.15, 0.2) is 53.9 Å². The minimum absolute atomic E-state index is 0.0548. The summed E-state index contributed by atoms with van der Waals surface area (Å²) in [5, 5.41) is 14.8. The third-order valence-electron chi connectivity index (χ3n) is 3.74. The maximum absolute atomic E-state index is 12.4. The Morgan fingerprint density at radius 3 is 2.31 bits per heavy atom. The van der Waals surface area contributed by atoms with Crippen molar-refractivity contribution in [1.82, 2.24) is 0 Å². The molecule has 3 aromatic rings. The van der Waals surface area contributed by atoms with Crippen LogP contribution >= 0.6 is 22.9 Å². The molecule has 1 amide bonds. The number of halogens is 1. The lowest BCUT2D eigenvalue weighted by Crippen LogP contribution is -2.13. The van der Waals surface area contributed by atoms with Crippen LogP contribution in [0.4, 0.5) is 5.00 Å². The van der Waals surface area contributed by atoms with Crippen molar-refractivity contribution in [2.45, 2.75) is 0 Å². The molecule has 2 N–H and O–H groups in total. The lowest BCUT2D eigenvalue weighted by atomic mass is 10.0. The van der Waals surface area contributed by atoms with Crippen LogP contribution in [-0.2, 0) is 0 Å². The molecule has 26 heavy (non-hydrogen) atoms. The molecule has 3 rings (SSSR count). The van der Waals surface area contributed by atoms with Crippen LogP contribution in [0.5, 0.6) is 5.75 Å². The molecular formula is C19H14ClNO4S. The third-order valence-corrected chi connectivity index (χ3v) is 4.89. The molecule has 0 saturated heterocycles. The largest absolute Gasteiger partial charge is 0.497 e. The van der Waals surface area contributed by atoms with E-state index in [-0.39, 0.29) is 16.5 Å². The predicted molar refractivity (Wildman–Crippen MR) is 103 cm³/mol. The van der Waals surface area contributed by atoms with Gasteiger partial charge < -0.3 is 15.2 Å². The van der Waals surface area contributed by atoms with E-state index in [1.54, 1.807) is 53.9 Å². The van der Waals surface area contributed by atoms with Crippen LogP contribution in [0.1, 0.15) is 20.7 Å². The van der Waals surface area contributed by atoms with Crippen molar-refractivity contribution in [3.05, 3.63) is 70.1 Å². The predicted octanol–water partition coefficient (Wildman–Crippen LogP) is 5.03. The molecule has 0 atom stereocenters. The second kappa shape index (κ2) is 7.59. The zero-order chi connectivity index (χ0) is 18.7. The summed E-state index contributed by atoms with van der Waals surface area (Å²) in [5.41, 5.74) is 1.71. The van der Waals surface area contributed by atoms with Gasteiger partial charge in [0.2, 0.25) is 0 Å². The number of anilines is 1. The fourth-order valence-corrected chi connectivity index (χ4v) is 3.50. The Morgan fingerprint density at radius 1 is 1.08 bits per heavy atom. The average Bonchev–Trinajstić information content (AvgIpc) is 3.06. The van der Waals surface area contributed by atoms with Crippen LogP contribution in [0, 0.1) is 0 Å². The summed E-state index contributed by atoms with van der Waals surface area (Å²) in [7, 11) is 1.54. The highest BCUT2D eigenvalue weighted by Crippen LogP contribution is 2.36. The number of carbonyl (C=O) groups is 2. The van der Waals surface area contributed by atoms with Crippen LogP contribution in [0.3, 0.4) is 0 Å². The molecule has 0 fully saturated rings. The molecule has 0 aliphatic rings. The Morgan fingerprint density at radius 2 is 1.73 bits per heavy atom. The highest BCUT2D eigenvalue weighted by Gasteiger charge is 2.21. The van der Waals surface area contributed by atoms with E-state index in [0.717, 1.165) is 11.3 Å². The highest BCUT2D eigenvalue weighted by molar-refractivity contribution is 7.15. The first-order chi connectivity index (χ1) is 12.5. The molecule has 0 aliphatic carbocycles. The first-order valence-electron chi connectivity index (χ1n) is 7.55. The van der Waals surface area contributed by atoms with Crippen molar-refractivity contribution in [2.75, 3.05) is 12.4 Å². The van der Waals surface area contributed by atoms with Crippen molar-refractivity contribution >= 4 is 39.8 Å². The standard InChI is InChI=1S/C19H14ClNO4S/c1-25-14-8-4-12(5-9-14)17(22)21-18-16(19(23)24)15(10-26-18)11-2-6-13(20)7-3-11/h2-10H,1H3,(H,21,22)(H,23,24). The monoisotopic (exact) mass is 387 g/mol. The van der Waals surface area contributed by atoms with Crippen LogP contribution < -0.4 is 10.1 Å². The number of ether oxygens (including phenoxy) is 1. The number of carboxylic acid groups (broad SMARTS) is 1. The Kier molecular flexibility index (Phi) is 5.25. The topological polar surface area (TPSA) is 75.6 Å². The number of benzene rings is 2. The summed E-state index contributed by atoms with van der Waals surface area (Å²) in [6.07, 6.45) is 0. The van der Waals surface area contributed by atoms with E-state index in [0.29, 0.717) is 27.5 Å². The second-order valence-corrected chi connectivity index (χ2v) is 6.66. The minimum Gasteiger partial charge on any atom is -0.497 e. The molecule has 0 aliphatic heterocycles. The van der Waals surface area contributed by atoms with Gasteiger partial charge in [-0.2, -0.15) is 0 Å². The Labute approximate surface area is 158 Å². The quantitative estimate of drug-likeness (QED) is 0.644. The Balaban J connectivity index is 1.91. The smallest absolute Gasteiger partial charge is 0.339 e. The van der Waals surface area contributed by atoms with Gasteiger partial charge >= 0.3 is 5.97 Å². The van der Waals surface area contributed by atoms with Crippen molar-refractivity contribution in [1.29, 1.82) is 0 Å². The van der Waals surface area contributed by atoms with Crippen molar-refractivity contribution in [3.8, 4) is 16.9 Å². The fourth-order valence-electron chi connectivity index (χ4n) is 2.42. The summed E-state index contributed by atoms with van der Waals surface area (Å²) in [6.45, 7) is 0. The SMILES string of the molecule is COc1ccc(C(=O)Nc2scc(-c3ccc(Cl)cc3)c2C(=O)O)cc1. The number of amides is 1. The van der Waals surface area contributed by atoms with E-state index in [9.17, 15) is 14.7 Å². The van der Waals surface area contributed by atoms with Crippen molar-refractivity contribution in [2.24, 2.45) is 0 Å². The molecule has 0 spiro atoms. The molecule has 132 valence electrons. The van der Waals surface area contributed by atoms with Gasteiger partial charge in [-0.25, -0.2) is 4.79 Å². The van der Waals surface area contributed by atoms with Crippen molar-refractivity contribution in [3.63, 3.8) is 0 Å². The van der Waals surface area contributed by atoms with Crippen molar-refractivity contribution < 1.29 is 19.4 Å². The summed E-state index contributed by atoms with van der Waals surface area (Å²) >= 11 is 7.05. The Hall–Kier alpha value is -2.83. The second-order valence-electron chi connectivity index (χ2n) is 5.35. The number of carbonyl (C=O) groups excluding carboxylic acids is 1. The van der Waals surface area contributed by atoms with E-state index >= 15 is 0 Å². The molecule has 7 heteroatoms. The normalized spacial score (nSPS) is 10.4. The van der Waals surface area contributed by atoms with E-state index in [1.165, 1.54) is 7.11 Å². The van der Waals surface area contributed by atoms with Gasteiger partial charge in [0.15, 0.2) is 0 Å². The van der Waals surface area contributed by atoms with Crippen LogP contribution in [-0.4, -0.2) is 24.1 Å². The fraction of sp³-hybridized carbons (Fsp3) is 0.0526. The number of carboxylic acids is 1. The summed E-state index contributed by atoms with van der Waals surface area (Å²) in [4.78, 5) is 24.2. The number of nitrogens with one attached hydrogen (secondary N) is 1. The maximum atomic E-state index is 12.4. The number of hydrogen-bond acceptors (Lipinski definition) is 4. The van der Waals surface area contributed by atoms with Gasteiger partial charge in [-0.05, 0) is 42.0 Å². The summed E-state index contributed by atoms with van der Waals surface area (Å²) < 4.78 is 5.06. The summed E-state index contributed by atoms with van der Waals surface area (Å²) in [6, 6.07) is 13.4. The van der Waals surface area contributed by atoms with Crippen LogP contribution in [0.2, 0.25) is 5.02 Å². The number of aromatic carboxylic acids is 1. The number of thiophene rings is 1. The average molecular weight is 388 g/mol. The molecule has 0 unspecified atom stereocenters. The molecule has 1 heterocycles. The highest BCUT2D eigenvalue weighted by atomic mass is 35.5. The van der Waals surface area contributed by atoms with E-state index < -0.39 is 5.97 Å². The van der Waals surface area contributed by atoms with Gasteiger partial charge in [-0.15, -0.1) is 11.3 Å². The molecule has 1 aromatic heterocycles. The lowest BCUT2D eigenvalue weighted by molar-refractivity contribution is 0.0699. The van der Waals surface area contributed by atoms with E-state index in [4.69, 9.17) is 16.3 Å². The maximum Gasteiger partial charge on any atom is 0.339 e. The van der Waals surface area contributed by atoms with E-state index in [1.807, 2.05) is 0 Å². The number of methoxy groups -OCH3 is 1. The molecule has 5 nitrogen and oxygen atoms in total. The number of rotatable bonds is 5. The summed E-state index contributed by atoms with van der Waals surface area (Å²) in [5.74, 6) is -0.866. The first-order valence-corrected chi connectivity index (χ1v) is 8.81. The minimum atomic E-state index is -1.11. The van der Waals surface area contributed by atoms with Gasteiger partial charge in [0, 0.05) is 21.5 Å². The van der Waals surface area contributed by atoms with E-state index in [2.05, 4.69) is 5.32 Å². The molecule has 0 bridgehead atoms. The third kappa shape index (κ3) is 3.71.